The standard InChI is InChI=1S/C23H26N2O2/c1-23(2,17-26-4)18-8-10-19(11-9-18)25(3)20-12-14-21(15-13-20)27-22-7-5-6-16-24-22/h5-16H,17H2,1-4H3. The molecule has 0 unspecified atom stereocenters. The first-order valence-electron chi connectivity index (χ1n) is 9.02. The van der Waals surface area contributed by atoms with E-state index in [1.807, 2.05) is 42.5 Å². The van der Waals surface area contributed by atoms with E-state index in [-0.39, 0.29) is 5.41 Å². The van der Waals surface area contributed by atoms with Gasteiger partial charge in [-0.15, -0.1) is 0 Å². The largest absolute Gasteiger partial charge is 0.439 e. The highest BCUT2D eigenvalue weighted by molar-refractivity contribution is 5.63. The first kappa shape index (κ1) is 18.9. The molecule has 1 aromatic heterocycles. The summed E-state index contributed by atoms with van der Waals surface area (Å²) in [6.45, 7) is 5.07. The second-order valence-corrected chi connectivity index (χ2v) is 7.19. The van der Waals surface area contributed by atoms with E-state index in [1.54, 1.807) is 13.3 Å². The monoisotopic (exact) mass is 362 g/mol. The number of aromatic nitrogens is 1. The van der Waals surface area contributed by atoms with Crippen LogP contribution in [-0.4, -0.2) is 25.7 Å². The quantitative estimate of drug-likeness (QED) is 0.551. The third-order valence-electron chi connectivity index (χ3n) is 4.63. The van der Waals surface area contributed by atoms with E-state index in [1.165, 1.54) is 5.56 Å². The zero-order valence-electron chi connectivity index (χ0n) is 16.3. The average Bonchev–Trinajstić information content (AvgIpc) is 2.69. The van der Waals surface area contributed by atoms with Gasteiger partial charge in [-0.3, -0.25) is 0 Å². The Labute approximate surface area is 161 Å². The maximum atomic E-state index is 5.75. The molecule has 0 saturated heterocycles. The van der Waals surface area contributed by atoms with Crippen LogP contribution in [0.15, 0.2) is 72.9 Å². The first-order chi connectivity index (χ1) is 13.0. The van der Waals surface area contributed by atoms with Gasteiger partial charge < -0.3 is 14.4 Å². The molecule has 0 aliphatic carbocycles. The predicted octanol–water partition coefficient (Wildman–Crippen LogP) is 5.57. The first-order valence-corrected chi connectivity index (χ1v) is 9.02. The molecule has 0 amide bonds. The van der Waals surface area contributed by atoms with E-state index >= 15 is 0 Å². The molecular formula is C23H26N2O2. The molecule has 2 aromatic carbocycles. The molecule has 0 N–H and O–H groups in total. The Balaban J connectivity index is 1.71. The van der Waals surface area contributed by atoms with Gasteiger partial charge >= 0.3 is 0 Å². The van der Waals surface area contributed by atoms with E-state index in [0.29, 0.717) is 12.5 Å². The third kappa shape index (κ3) is 4.66. The fourth-order valence-electron chi connectivity index (χ4n) is 3.00. The van der Waals surface area contributed by atoms with Crippen molar-refractivity contribution in [3.05, 3.63) is 78.5 Å². The topological polar surface area (TPSA) is 34.6 Å². The van der Waals surface area contributed by atoms with Crippen LogP contribution in [0.4, 0.5) is 11.4 Å². The number of nitrogens with zero attached hydrogens (tertiary/aromatic N) is 2. The van der Waals surface area contributed by atoms with Crippen molar-refractivity contribution in [1.29, 1.82) is 0 Å². The lowest BCUT2D eigenvalue weighted by atomic mass is 9.85. The lowest BCUT2D eigenvalue weighted by Gasteiger charge is -2.26. The molecule has 3 aromatic rings. The highest BCUT2D eigenvalue weighted by Gasteiger charge is 2.20. The van der Waals surface area contributed by atoms with Crippen LogP contribution in [0.5, 0.6) is 11.6 Å². The summed E-state index contributed by atoms with van der Waals surface area (Å²) in [5.74, 6) is 1.36. The van der Waals surface area contributed by atoms with Gasteiger partial charge in [-0.1, -0.05) is 32.0 Å². The van der Waals surface area contributed by atoms with Crippen LogP contribution in [-0.2, 0) is 10.2 Å². The van der Waals surface area contributed by atoms with Gasteiger partial charge in [-0.05, 0) is 48.0 Å². The summed E-state index contributed by atoms with van der Waals surface area (Å²) in [7, 11) is 3.80. The van der Waals surface area contributed by atoms with Gasteiger partial charge in [0.05, 0.1) is 6.61 Å². The van der Waals surface area contributed by atoms with E-state index < -0.39 is 0 Å². The summed E-state index contributed by atoms with van der Waals surface area (Å²) < 4.78 is 11.1. The minimum Gasteiger partial charge on any atom is -0.439 e. The number of hydrogen-bond acceptors (Lipinski definition) is 4. The van der Waals surface area contributed by atoms with E-state index in [0.717, 1.165) is 17.1 Å². The smallest absolute Gasteiger partial charge is 0.219 e. The van der Waals surface area contributed by atoms with Crippen molar-refractivity contribution in [3.63, 3.8) is 0 Å². The molecule has 0 atom stereocenters. The van der Waals surface area contributed by atoms with Gasteiger partial charge in [-0.2, -0.15) is 0 Å². The second kappa shape index (κ2) is 8.23. The summed E-state index contributed by atoms with van der Waals surface area (Å²) in [4.78, 5) is 6.33. The Morgan fingerprint density at radius 1 is 0.889 bits per heavy atom. The SMILES string of the molecule is COCC(C)(C)c1ccc(N(C)c2ccc(Oc3ccccn3)cc2)cc1. The summed E-state index contributed by atoms with van der Waals surface area (Å²) in [6.07, 6.45) is 1.72. The van der Waals surface area contributed by atoms with Crippen molar-refractivity contribution in [2.24, 2.45) is 0 Å². The lowest BCUT2D eigenvalue weighted by molar-refractivity contribution is 0.146. The number of hydrogen-bond donors (Lipinski definition) is 0. The second-order valence-electron chi connectivity index (χ2n) is 7.19. The minimum atomic E-state index is -0.00366. The zero-order chi connectivity index (χ0) is 19.3. The Bertz CT molecular complexity index is 844. The van der Waals surface area contributed by atoms with E-state index in [9.17, 15) is 0 Å². The highest BCUT2D eigenvalue weighted by atomic mass is 16.5. The number of ether oxygens (including phenoxy) is 2. The molecule has 0 spiro atoms. The maximum absolute atomic E-state index is 5.75. The molecule has 0 aliphatic rings. The number of pyridine rings is 1. The number of methoxy groups -OCH3 is 1. The van der Waals surface area contributed by atoms with Crippen LogP contribution in [0.25, 0.3) is 0 Å². The van der Waals surface area contributed by atoms with Crippen LogP contribution in [0.2, 0.25) is 0 Å². The van der Waals surface area contributed by atoms with Gasteiger partial charge in [0.1, 0.15) is 5.75 Å². The molecule has 4 heteroatoms. The van der Waals surface area contributed by atoms with E-state index in [2.05, 4.69) is 55.0 Å². The normalized spacial score (nSPS) is 11.3. The van der Waals surface area contributed by atoms with Crippen LogP contribution in [0.1, 0.15) is 19.4 Å². The van der Waals surface area contributed by atoms with Gasteiger partial charge in [0, 0.05) is 43.2 Å². The summed E-state index contributed by atoms with van der Waals surface area (Å²) >= 11 is 0. The minimum absolute atomic E-state index is 0.00366. The summed E-state index contributed by atoms with van der Waals surface area (Å²) in [6, 6.07) is 22.2. The molecular weight excluding hydrogens is 336 g/mol. The Morgan fingerprint density at radius 3 is 2.07 bits per heavy atom. The molecule has 4 nitrogen and oxygen atoms in total. The van der Waals surface area contributed by atoms with Gasteiger partial charge in [0.15, 0.2) is 0 Å². The summed E-state index contributed by atoms with van der Waals surface area (Å²) in [5, 5.41) is 0. The lowest BCUT2D eigenvalue weighted by Crippen LogP contribution is -2.23. The summed E-state index contributed by atoms with van der Waals surface area (Å²) in [5.41, 5.74) is 3.48. The zero-order valence-corrected chi connectivity index (χ0v) is 16.3. The molecule has 0 bridgehead atoms. The van der Waals surface area contributed by atoms with Crippen LogP contribution >= 0.6 is 0 Å². The number of anilines is 2. The van der Waals surface area contributed by atoms with Crippen molar-refractivity contribution in [3.8, 4) is 11.6 Å². The van der Waals surface area contributed by atoms with Crippen LogP contribution in [0.3, 0.4) is 0 Å². The predicted molar refractivity (Wildman–Crippen MR) is 110 cm³/mol. The molecule has 0 saturated carbocycles. The Morgan fingerprint density at radius 2 is 1.52 bits per heavy atom. The fourth-order valence-corrected chi connectivity index (χ4v) is 3.00. The molecule has 0 radical (unpaired) electrons. The van der Waals surface area contributed by atoms with Crippen molar-refractivity contribution in [2.45, 2.75) is 19.3 Å². The average molecular weight is 362 g/mol. The van der Waals surface area contributed by atoms with Crippen molar-refractivity contribution in [2.75, 3.05) is 25.7 Å². The number of benzene rings is 2. The molecule has 0 fully saturated rings. The maximum Gasteiger partial charge on any atom is 0.219 e. The highest BCUT2D eigenvalue weighted by Crippen LogP contribution is 2.30. The fraction of sp³-hybridized carbons (Fsp3) is 0.261. The van der Waals surface area contributed by atoms with Crippen LogP contribution < -0.4 is 9.64 Å². The van der Waals surface area contributed by atoms with Crippen molar-refractivity contribution >= 4 is 11.4 Å². The molecule has 1 heterocycles. The van der Waals surface area contributed by atoms with Crippen LogP contribution in [0, 0.1) is 0 Å². The van der Waals surface area contributed by atoms with Crippen molar-refractivity contribution in [1.82, 2.24) is 4.98 Å². The van der Waals surface area contributed by atoms with E-state index in [4.69, 9.17) is 9.47 Å². The Kier molecular flexibility index (Phi) is 5.77. The van der Waals surface area contributed by atoms with Gasteiger partial charge in [0.25, 0.3) is 0 Å². The molecule has 140 valence electrons. The van der Waals surface area contributed by atoms with Crippen molar-refractivity contribution < 1.29 is 9.47 Å². The Hall–Kier alpha value is -2.85. The van der Waals surface area contributed by atoms with Gasteiger partial charge in [0.2, 0.25) is 5.88 Å². The molecule has 27 heavy (non-hydrogen) atoms. The molecule has 3 rings (SSSR count). The molecule has 0 aliphatic heterocycles. The van der Waals surface area contributed by atoms with Gasteiger partial charge in [-0.25, -0.2) is 4.98 Å². The number of rotatable bonds is 7. The third-order valence-corrected chi connectivity index (χ3v) is 4.63.